The van der Waals surface area contributed by atoms with Gasteiger partial charge in [0.25, 0.3) is 0 Å². The highest BCUT2D eigenvalue weighted by Gasteiger charge is 2.30. The fourth-order valence-electron chi connectivity index (χ4n) is 4.83. The Bertz CT molecular complexity index is 892. The van der Waals surface area contributed by atoms with Gasteiger partial charge in [-0.25, -0.2) is 4.98 Å². The highest BCUT2D eigenvalue weighted by Crippen LogP contribution is 2.27. The van der Waals surface area contributed by atoms with Gasteiger partial charge in [-0.15, -0.1) is 0 Å². The summed E-state index contributed by atoms with van der Waals surface area (Å²) in [5, 5.41) is 3.82. The van der Waals surface area contributed by atoms with Crippen LogP contribution >= 0.6 is 0 Å². The van der Waals surface area contributed by atoms with Gasteiger partial charge in [-0.05, 0) is 67.6 Å². The second kappa shape index (κ2) is 7.90. The minimum absolute atomic E-state index is 0.560. The smallest absolute Gasteiger partial charge is 0.136 e. The number of hydrogen-bond acceptors (Lipinski definition) is 3. The van der Waals surface area contributed by atoms with Crippen molar-refractivity contribution >= 4 is 0 Å². The number of piperidine rings is 1. The van der Waals surface area contributed by atoms with E-state index >= 15 is 0 Å². The van der Waals surface area contributed by atoms with E-state index in [4.69, 9.17) is 0 Å². The molecule has 1 aliphatic carbocycles. The van der Waals surface area contributed by atoms with E-state index in [1.807, 2.05) is 18.3 Å². The van der Waals surface area contributed by atoms with Gasteiger partial charge in [-0.3, -0.25) is 4.90 Å². The number of benzene rings is 1. The Morgan fingerprint density at radius 1 is 0.964 bits per heavy atom. The number of hydrogen-bond donors (Lipinski definition) is 1. The molecule has 2 aromatic heterocycles. The van der Waals surface area contributed by atoms with Crippen LogP contribution in [0.5, 0.6) is 0 Å². The standard InChI is InChI=1S/C24H28N4/c1-2-8-20-16-23(15-19(20)7-1)27-13-5-9-21(18-27)26-17-22-10-6-14-28(22)24-11-3-4-12-25-24/h1-4,6-8,10-12,14,21,23,26H,5,9,13,15-18H2/t21-/m1/s1. The number of nitrogens with one attached hydrogen (secondary N) is 1. The number of rotatable bonds is 5. The van der Waals surface area contributed by atoms with Crippen LogP contribution < -0.4 is 5.32 Å². The van der Waals surface area contributed by atoms with Gasteiger partial charge in [0, 0.05) is 43.3 Å². The molecule has 0 amide bonds. The van der Waals surface area contributed by atoms with Gasteiger partial charge in [0.2, 0.25) is 0 Å². The van der Waals surface area contributed by atoms with Crippen LogP contribution in [-0.4, -0.2) is 39.6 Å². The van der Waals surface area contributed by atoms with Crippen LogP contribution in [0.4, 0.5) is 0 Å². The van der Waals surface area contributed by atoms with Crippen LogP contribution in [0.3, 0.4) is 0 Å². The Morgan fingerprint density at radius 2 is 1.79 bits per heavy atom. The van der Waals surface area contributed by atoms with Crippen molar-refractivity contribution in [2.45, 2.75) is 44.3 Å². The molecular weight excluding hydrogens is 344 g/mol. The average Bonchev–Trinajstić information content (AvgIpc) is 3.40. The Balaban J connectivity index is 1.20. The molecule has 1 aliphatic heterocycles. The first-order valence-corrected chi connectivity index (χ1v) is 10.5. The maximum absolute atomic E-state index is 4.49. The van der Waals surface area contributed by atoms with E-state index in [1.165, 1.54) is 37.9 Å². The molecule has 4 nitrogen and oxygen atoms in total. The van der Waals surface area contributed by atoms with Crippen LogP contribution in [-0.2, 0) is 19.4 Å². The summed E-state index contributed by atoms with van der Waals surface area (Å²) in [6.45, 7) is 3.27. The van der Waals surface area contributed by atoms with Gasteiger partial charge in [-0.1, -0.05) is 30.3 Å². The van der Waals surface area contributed by atoms with Gasteiger partial charge in [-0.2, -0.15) is 0 Å². The zero-order valence-corrected chi connectivity index (χ0v) is 16.3. The molecule has 0 saturated carbocycles. The van der Waals surface area contributed by atoms with E-state index in [2.05, 4.69) is 68.4 Å². The second-order valence-electron chi connectivity index (χ2n) is 8.10. The van der Waals surface area contributed by atoms with Gasteiger partial charge >= 0.3 is 0 Å². The predicted molar refractivity (Wildman–Crippen MR) is 113 cm³/mol. The van der Waals surface area contributed by atoms with Crippen LogP contribution in [0.1, 0.15) is 29.7 Å². The lowest BCUT2D eigenvalue weighted by Crippen LogP contribution is -2.49. The predicted octanol–water partition coefficient (Wildman–Crippen LogP) is 3.59. The fourth-order valence-corrected chi connectivity index (χ4v) is 4.83. The third kappa shape index (κ3) is 3.62. The molecule has 3 heterocycles. The lowest BCUT2D eigenvalue weighted by Gasteiger charge is -2.37. The van der Waals surface area contributed by atoms with Crippen molar-refractivity contribution in [3.8, 4) is 5.82 Å². The van der Waals surface area contributed by atoms with Crippen molar-refractivity contribution in [3.63, 3.8) is 0 Å². The van der Waals surface area contributed by atoms with Crippen molar-refractivity contribution in [2.75, 3.05) is 13.1 Å². The van der Waals surface area contributed by atoms with Gasteiger partial charge in [0.15, 0.2) is 0 Å². The summed E-state index contributed by atoms with van der Waals surface area (Å²) in [7, 11) is 0. The number of likely N-dealkylation sites (tertiary alicyclic amines) is 1. The Labute approximate surface area is 167 Å². The van der Waals surface area contributed by atoms with Gasteiger partial charge in [0.1, 0.15) is 5.82 Å². The maximum atomic E-state index is 4.49. The third-order valence-electron chi connectivity index (χ3n) is 6.30. The Kier molecular flexibility index (Phi) is 4.98. The van der Waals surface area contributed by atoms with E-state index in [0.717, 1.165) is 18.9 Å². The maximum Gasteiger partial charge on any atom is 0.136 e. The van der Waals surface area contributed by atoms with E-state index in [0.29, 0.717) is 12.1 Å². The number of nitrogens with zero attached hydrogens (tertiary/aromatic N) is 3. The highest BCUT2D eigenvalue weighted by atomic mass is 15.2. The molecule has 0 unspecified atom stereocenters. The molecule has 1 fully saturated rings. The van der Waals surface area contributed by atoms with E-state index in [9.17, 15) is 0 Å². The van der Waals surface area contributed by atoms with Crippen LogP contribution in [0.25, 0.3) is 5.82 Å². The average molecular weight is 373 g/mol. The first kappa shape index (κ1) is 17.7. The lowest BCUT2D eigenvalue weighted by atomic mass is 10.0. The monoisotopic (exact) mass is 372 g/mol. The minimum Gasteiger partial charge on any atom is -0.307 e. The first-order valence-electron chi connectivity index (χ1n) is 10.5. The van der Waals surface area contributed by atoms with Crippen molar-refractivity contribution in [1.29, 1.82) is 0 Å². The molecule has 1 saturated heterocycles. The molecule has 0 spiro atoms. The molecule has 0 radical (unpaired) electrons. The molecule has 28 heavy (non-hydrogen) atoms. The number of aromatic nitrogens is 2. The minimum atomic E-state index is 0.560. The molecule has 0 bridgehead atoms. The summed E-state index contributed by atoms with van der Waals surface area (Å²) in [5.41, 5.74) is 4.37. The van der Waals surface area contributed by atoms with E-state index in [1.54, 1.807) is 11.1 Å². The summed E-state index contributed by atoms with van der Waals surface area (Å²) in [6, 6.07) is 20.6. The molecule has 1 N–H and O–H groups in total. The van der Waals surface area contributed by atoms with Crippen LogP contribution in [0.15, 0.2) is 67.0 Å². The topological polar surface area (TPSA) is 33.1 Å². The number of fused-ring (bicyclic) bond motifs is 1. The quantitative estimate of drug-likeness (QED) is 0.743. The molecule has 5 rings (SSSR count). The number of pyridine rings is 1. The summed E-state index contributed by atoms with van der Waals surface area (Å²) >= 11 is 0. The van der Waals surface area contributed by atoms with Crippen LogP contribution in [0, 0.1) is 0 Å². The highest BCUT2D eigenvalue weighted by molar-refractivity contribution is 5.33. The fraction of sp³-hybridized carbons (Fsp3) is 0.375. The third-order valence-corrected chi connectivity index (χ3v) is 6.30. The molecule has 1 aromatic carbocycles. The first-order chi connectivity index (χ1) is 13.9. The van der Waals surface area contributed by atoms with Gasteiger partial charge < -0.3 is 9.88 Å². The zero-order chi connectivity index (χ0) is 18.8. The summed E-state index contributed by atoms with van der Waals surface area (Å²) in [4.78, 5) is 7.21. The van der Waals surface area contributed by atoms with E-state index in [-0.39, 0.29) is 0 Å². The molecular formula is C24H28N4. The molecule has 144 valence electrons. The summed E-state index contributed by atoms with van der Waals surface area (Å²) in [6.07, 6.45) is 8.93. The molecule has 4 heteroatoms. The van der Waals surface area contributed by atoms with Gasteiger partial charge in [0.05, 0.1) is 0 Å². The molecule has 2 aliphatic rings. The van der Waals surface area contributed by atoms with Crippen molar-refractivity contribution in [3.05, 3.63) is 83.8 Å². The van der Waals surface area contributed by atoms with Crippen molar-refractivity contribution in [2.24, 2.45) is 0 Å². The Hall–Kier alpha value is -2.43. The lowest BCUT2D eigenvalue weighted by molar-refractivity contribution is 0.140. The SMILES string of the molecule is c1ccc(-n2cccc2CN[C@@H]2CCCN(C3Cc4ccccc4C3)C2)nc1. The molecule has 1 atom stereocenters. The summed E-state index contributed by atoms with van der Waals surface area (Å²) in [5.74, 6) is 0.985. The summed E-state index contributed by atoms with van der Waals surface area (Å²) < 4.78 is 2.18. The van der Waals surface area contributed by atoms with E-state index < -0.39 is 0 Å². The molecule has 3 aromatic rings. The van der Waals surface area contributed by atoms with Crippen molar-refractivity contribution in [1.82, 2.24) is 19.8 Å². The second-order valence-corrected chi connectivity index (χ2v) is 8.10. The van der Waals surface area contributed by atoms with Crippen LogP contribution in [0.2, 0.25) is 0 Å². The Morgan fingerprint density at radius 3 is 2.57 bits per heavy atom. The zero-order valence-electron chi connectivity index (χ0n) is 16.3. The largest absolute Gasteiger partial charge is 0.307 e. The normalized spacial score (nSPS) is 20.4. The van der Waals surface area contributed by atoms with Crippen molar-refractivity contribution < 1.29 is 0 Å².